The van der Waals surface area contributed by atoms with Gasteiger partial charge in [0.15, 0.2) is 0 Å². The summed E-state index contributed by atoms with van der Waals surface area (Å²) in [5.41, 5.74) is 5.37. The van der Waals surface area contributed by atoms with Gasteiger partial charge >= 0.3 is 6.18 Å². The summed E-state index contributed by atoms with van der Waals surface area (Å²) in [5, 5.41) is 1.15. The fourth-order valence-corrected chi connectivity index (χ4v) is 5.39. The second-order valence-corrected chi connectivity index (χ2v) is 10.1. The summed E-state index contributed by atoms with van der Waals surface area (Å²) in [5.74, 6) is -1.07. The van der Waals surface area contributed by atoms with Crippen LogP contribution in [0.1, 0.15) is 66.7 Å². The van der Waals surface area contributed by atoms with E-state index < -0.39 is 12.1 Å². The number of rotatable bonds is 7. The van der Waals surface area contributed by atoms with Gasteiger partial charge in [-0.15, -0.1) is 0 Å². The van der Waals surface area contributed by atoms with E-state index in [2.05, 4.69) is 36.6 Å². The number of halogens is 3. The van der Waals surface area contributed by atoms with E-state index in [0.717, 1.165) is 29.3 Å². The van der Waals surface area contributed by atoms with Gasteiger partial charge in [-0.1, -0.05) is 43.7 Å². The fourth-order valence-electron chi connectivity index (χ4n) is 5.39. The Morgan fingerprint density at radius 3 is 2.51 bits per heavy atom. The van der Waals surface area contributed by atoms with Crippen molar-refractivity contribution in [2.75, 3.05) is 6.54 Å². The lowest BCUT2D eigenvalue weighted by Gasteiger charge is -2.22. The van der Waals surface area contributed by atoms with Crippen LogP contribution in [0.2, 0.25) is 0 Å². The molecule has 4 rings (SSSR count). The van der Waals surface area contributed by atoms with Gasteiger partial charge in [0, 0.05) is 47.4 Å². The largest absolute Gasteiger partial charge is 0.391 e. The van der Waals surface area contributed by atoms with Crippen LogP contribution in [0.15, 0.2) is 48.5 Å². The Morgan fingerprint density at radius 1 is 1.09 bits per heavy atom. The number of nitrogens with zero attached hydrogens (tertiary/aromatic N) is 2. The molecule has 0 radical (unpaired) electrons. The highest BCUT2D eigenvalue weighted by Gasteiger charge is 2.37. The molecule has 35 heavy (non-hydrogen) atoms. The van der Waals surface area contributed by atoms with Crippen LogP contribution in [0.4, 0.5) is 13.2 Å². The number of aromatic nitrogens is 1. The molecule has 1 aliphatic heterocycles. The average molecular weight is 485 g/mol. The molecule has 0 spiro atoms. The van der Waals surface area contributed by atoms with Crippen LogP contribution in [0.3, 0.4) is 0 Å². The predicted octanol–water partition coefficient (Wildman–Crippen LogP) is 7.54. The molecule has 0 bridgehead atoms. The van der Waals surface area contributed by atoms with Crippen molar-refractivity contribution in [3.63, 3.8) is 0 Å². The third kappa shape index (κ3) is 5.57. The molecule has 1 aromatic heterocycles. The molecule has 0 saturated carbocycles. The van der Waals surface area contributed by atoms with Gasteiger partial charge in [0.1, 0.15) is 0 Å². The highest BCUT2D eigenvalue weighted by molar-refractivity contribution is 5.95. The number of fused-ring (bicyclic) bond motifs is 3. The lowest BCUT2D eigenvalue weighted by molar-refractivity contribution is -0.177. The number of hydrogen-bond donors (Lipinski definition) is 0. The number of benzene rings is 2. The zero-order valence-electron chi connectivity index (χ0n) is 20.9. The van der Waals surface area contributed by atoms with E-state index in [1.807, 2.05) is 35.2 Å². The molecule has 188 valence electrons. The third-order valence-electron chi connectivity index (χ3n) is 7.40. The third-order valence-corrected chi connectivity index (χ3v) is 7.40. The van der Waals surface area contributed by atoms with Crippen LogP contribution in [0.25, 0.3) is 10.9 Å². The zero-order chi connectivity index (χ0) is 25.2. The first-order chi connectivity index (χ1) is 16.7. The normalized spacial score (nSPS) is 16.1. The molecule has 6 heteroatoms. The Morgan fingerprint density at radius 2 is 1.83 bits per heavy atom. The molecule has 2 heterocycles. The molecular weight excluding hydrogens is 449 g/mol. The number of carbonyl (C=O) groups is 1. The molecule has 0 fully saturated rings. The second-order valence-electron chi connectivity index (χ2n) is 10.1. The lowest BCUT2D eigenvalue weighted by atomic mass is 9.94. The smallest absolute Gasteiger partial charge is 0.344 e. The summed E-state index contributed by atoms with van der Waals surface area (Å²) in [6, 6.07) is 15.8. The van der Waals surface area contributed by atoms with E-state index in [1.165, 1.54) is 11.3 Å². The molecule has 0 N–H and O–H groups in total. The van der Waals surface area contributed by atoms with Gasteiger partial charge in [-0.3, -0.25) is 4.79 Å². The van der Waals surface area contributed by atoms with Gasteiger partial charge in [-0.2, -0.15) is 13.2 Å². The molecular formula is C29H35F3N2O. The fraction of sp³-hybridized carbons (Fsp3) is 0.483. The maximum atomic E-state index is 13.3. The van der Waals surface area contributed by atoms with Crippen LogP contribution in [-0.2, 0) is 19.5 Å². The van der Waals surface area contributed by atoms with Crippen molar-refractivity contribution in [2.24, 2.45) is 11.8 Å². The Labute approximate surface area is 205 Å². The van der Waals surface area contributed by atoms with Crippen molar-refractivity contribution in [1.29, 1.82) is 0 Å². The van der Waals surface area contributed by atoms with E-state index in [1.54, 1.807) is 6.92 Å². The molecule has 3 aromatic rings. The van der Waals surface area contributed by atoms with Gasteiger partial charge in [-0.25, -0.2) is 0 Å². The van der Waals surface area contributed by atoms with Gasteiger partial charge in [0.2, 0.25) is 0 Å². The van der Waals surface area contributed by atoms with E-state index >= 15 is 0 Å². The van der Waals surface area contributed by atoms with Crippen molar-refractivity contribution in [3.8, 4) is 0 Å². The number of carbonyl (C=O) groups excluding carboxylic acids is 1. The highest BCUT2D eigenvalue weighted by atomic mass is 19.4. The van der Waals surface area contributed by atoms with E-state index in [4.69, 9.17) is 0 Å². The summed E-state index contributed by atoms with van der Waals surface area (Å²) in [6.07, 6.45) is -1.58. The van der Waals surface area contributed by atoms with Gasteiger partial charge in [0.05, 0.1) is 5.92 Å². The average Bonchev–Trinajstić information content (AvgIpc) is 2.96. The Balaban J connectivity index is 1.62. The highest BCUT2D eigenvalue weighted by Crippen LogP contribution is 2.35. The topological polar surface area (TPSA) is 25.2 Å². The summed E-state index contributed by atoms with van der Waals surface area (Å²) in [7, 11) is 0. The molecule has 3 nitrogen and oxygen atoms in total. The molecule has 0 aliphatic carbocycles. The molecule has 2 atom stereocenters. The van der Waals surface area contributed by atoms with Crippen LogP contribution < -0.4 is 0 Å². The van der Waals surface area contributed by atoms with Crippen molar-refractivity contribution < 1.29 is 18.0 Å². The van der Waals surface area contributed by atoms with E-state index in [0.29, 0.717) is 31.6 Å². The van der Waals surface area contributed by atoms with Gasteiger partial charge in [0.25, 0.3) is 5.91 Å². The quantitative estimate of drug-likeness (QED) is 0.340. The Bertz CT molecular complexity index is 1170. The summed E-state index contributed by atoms with van der Waals surface area (Å²) < 4.78 is 42.1. The van der Waals surface area contributed by atoms with Crippen LogP contribution in [0, 0.1) is 18.8 Å². The zero-order valence-corrected chi connectivity index (χ0v) is 20.9. The maximum absolute atomic E-state index is 13.3. The number of aryl methyl sites for hydroxylation is 1. The summed E-state index contributed by atoms with van der Waals surface area (Å²) in [4.78, 5) is 15.2. The Kier molecular flexibility index (Phi) is 7.58. The number of alkyl halides is 3. The van der Waals surface area contributed by atoms with Crippen molar-refractivity contribution in [3.05, 3.63) is 70.9 Å². The minimum absolute atomic E-state index is 0.0399. The van der Waals surface area contributed by atoms with E-state index in [-0.39, 0.29) is 24.7 Å². The SMILES string of the molecule is CCC(CCC(C)Cn1c2c(c3cc(C)ccc31)CN(C(=O)c1ccccc1)CCC2)C(F)(F)F. The summed E-state index contributed by atoms with van der Waals surface area (Å²) in [6.45, 7) is 7.67. The minimum atomic E-state index is -4.13. The minimum Gasteiger partial charge on any atom is -0.344 e. The van der Waals surface area contributed by atoms with Gasteiger partial charge in [-0.05, 0) is 69.2 Å². The lowest BCUT2D eigenvalue weighted by Crippen LogP contribution is -2.30. The molecule has 2 unspecified atom stereocenters. The number of hydrogen-bond acceptors (Lipinski definition) is 1. The van der Waals surface area contributed by atoms with Gasteiger partial charge < -0.3 is 9.47 Å². The molecule has 0 saturated heterocycles. The molecule has 2 aromatic carbocycles. The number of amides is 1. The van der Waals surface area contributed by atoms with E-state index in [9.17, 15) is 18.0 Å². The maximum Gasteiger partial charge on any atom is 0.391 e. The van der Waals surface area contributed by atoms with Crippen molar-refractivity contribution in [2.45, 2.75) is 72.1 Å². The second kappa shape index (κ2) is 10.5. The molecule has 1 aliphatic rings. The van der Waals surface area contributed by atoms with Crippen LogP contribution in [-0.4, -0.2) is 28.1 Å². The first-order valence-electron chi connectivity index (χ1n) is 12.7. The predicted molar refractivity (Wildman–Crippen MR) is 134 cm³/mol. The van der Waals surface area contributed by atoms with Crippen LogP contribution in [0.5, 0.6) is 0 Å². The first kappa shape index (κ1) is 25.3. The van der Waals surface area contributed by atoms with Crippen LogP contribution >= 0.6 is 0 Å². The van der Waals surface area contributed by atoms with Crippen molar-refractivity contribution >= 4 is 16.8 Å². The standard InChI is InChI=1S/C29H35F3N2O/c1-4-23(29(30,31)32)14-12-21(3)18-34-26-11-8-16-33(28(35)22-9-6-5-7-10-22)19-25(26)24-17-20(2)13-15-27(24)34/h5-7,9-10,13,15,17,21,23H,4,8,11-12,14,16,18-19H2,1-3H3. The monoisotopic (exact) mass is 484 g/mol. The molecule has 1 amide bonds. The Hall–Kier alpha value is -2.76. The summed E-state index contributed by atoms with van der Waals surface area (Å²) >= 11 is 0. The van der Waals surface area contributed by atoms with Crippen molar-refractivity contribution in [1.82, 2.24) is 9.47 Å². The first-order valence-corrected chi connectivity index (χ1v) is 12.7.